The van der Waals surface area contributed by atoms with Gasteiger partial charge in [-0.05, 0) is 98.4 Å². The quantitative estimate of drug-likeness (QED) is 0.235. The van der Waals surface area contributed by atoms with Gasteiger partial charge in [-0.15, -0.1) is 0 Å². The molecule has 2 atom stereocenters. The topological polar surface area (TPSA) is 69.7 Å². The number of fused-ring (bicyclic) bond motifs is 2. The SMILES string of the molecule is CN(C[C@@H](CCC1N(S(C)(=O)=O)c2ccc(F)cc2C12CCNCC2)c1ccc(Cl)c(Cl)c1)C(=O)c1cc(C(F)(F)F)cc(C(F)(F)F)c1. The third kappa shape index (κ3) is 7.67. The molecule has 1 N–H and O–H groups in total. The highest BCUT2D eigenvalue weighted by molar-refractivity contribution is 7.92. The van der Waals surface area contributed by atoms with Crippen molar-refractivity contribution >= 4 is 44.8 Å². The summed E-state index contributed by atoms with van der Waals surface area (Å²) in [5, 5.41) is 3.66. The van der Waals surface area contributed by atoms with Gasteiger partial charge in [0, 0.05) is 30.5 Å². The van der Waals surface area contributed by atoms with Gasteiger partial charge in [0.15, 0.2) is 0 Å². The molecule has 0 saturated carbocycles. The Morgan fingerprint density at radius 1 is 0.959 bits per heavy atom. The van der Waals surface area contributed by atoms with Crippen molar-refractivity contribution in [3.8, 4) is 0 Å². The molecule has 266 valence electrons. The van der Waals surface area contributed by atoms with Crippen molar-refractivity contribution in [1.29, 1.82) is 0 Å². The van der Waals surface area contributed by atoms with Crippen LogP contribution in [0.4, 0.5) is 36.4 Å². The van der Waals surface area contributed by atoms with Gasteiger partial charge in [-0.25, -0.2) is 12.8 Å². The molecular formula is C33H32Cl2F7N3O3S. The second kappa shape index (κ2) is 13.6. The number of amides is 1. The Labute approximate surface area is 289 Å². The lowest BCUT2D eigenvalue weighted by Crippen LogP contribution is -2.52. The molecule has 1 unspecified atom stereocenters. The standard InChI is InChI=1S/C33H32Cl2F7N3O3S/c1-44(30(46)21-13-22(32(37,38)39)16-23(14-21)33(40,41)42)18-20(19-3-6-26(34)27(35)15-19)4-8-29-31(9-11-43-12-10-31)25-17-24(36)5-7-28(25)45(29)49(2,47)48/h3,5-7,13-17,20,29,43H,4,8-12,18H2,1-2H3/t20-,29?/m1/s1. The summed E-state index contributed by atoms with van der Waals surface area (Å²) in [6, 6.07) is 8.75. The number of benzene rings is 3. The zero-order valence-corrected chi connectivity index (χ0v) is 28.6. The van der Waals surface area contributed by atoms with Crippen LogP contribution in [0.2, 0.25) is 10.0 Å². The van der Waals surface area contributed by atoms with Gasteiger partial charge in [-0.3, -0.25) is 9.10 Å². The zero-order chi connectivity index (χ0) is 36.1. The lowest BCUT2D eigenvalue weighted by Gasteiger charge is -2.42. The van der Waals surface area contributed by atoms with Gasteiger partial charge < -0.3 is 10.2 Å². The normalized spacial score (nSPS) is 18.4. The molecule has 16 heteroatoms. The first-order valence-electron chi connectivity index (χ1n) is 15.2. The van der Waals surface area contributed by atoms with E-state index in [-0.39, 0.29) is 35.5 Å². The number of nitrogens with one attached hydrogen (secondary N) is 1. The van der Waals surface area contributed by atoms with Crippen molar-refractivity contribution in [1.82, 2.24) is 10.2 Å². The fourth-order valence-electron chi connectivity index (χ4n) is 7.15. The van der Waals surface area contributed by atoms with Crippen LogP contribution in [0.25, 0.3) is 0 Å². The molecule has 0 radical (unpaired) electrons. The molecule has 49 heavy (non-hydrogen) atoms. The highest BCUT2D eigenvalue weighted by atomic mass is 35.5. The molecule has 0 aliphatic carbocycles. The number of nitrogens with zero attached hydrogens (tertiary/aromatic N) is 2. The summed E-state index contributed by atoms with van der Waals surface area (Å²) in [6.07, 6.45) is -7.79. The number of alkyl halides is 6. The summed E-state index contributed by atoms with van der Waals surface area (Å²) in [6.45, 7) is 0.916. The van der Waals surface area contributed by atoms with Crippen molar-refractivity contribution in [3.63, 3.8) is 0 Å². The van der Waals surface area contributed by atoms with Crippen LogP contribution >= 0.6 is 23.2 Å². The zero-order valence-electron chi connectivity index (χ0n) is 26.2. The molecule has 1 saturated heterocycles. The summed E-state index contributed by atoms with van der Waals surface area (Å²) >= 11 is 12.5. The fourth-order valence-corrected chi connectivity index (χ4v) is 8.74. The lowest BCUT2D eigenvalue weighted by atomic mass is 9.68. The van der Waals surface area contributed by atoms with Gasteiger partial charge >= 0.3 is 12.4 Å². The van der Waals surface area contributed by atoms with Crippen molar-refractivity contribution < 1.29 is 43.9 Å². The van der Waals surface area contributed by atoms with E-state index in [1.54, 1.807) is 12.1 Å². The van der Waals surface area contributed by atoms with E-state index in [1.165, 1.54) is 35.6 Å². The van der Waals surface area contributed by atoms with E-state index in [1.807, 2.05) is 0 Å². The van der Waals surface area contributed by atoms with Gasteiger partial charge in [0.25, 0.3) is 5.91 Å². The minimum atomic E-state index is -5.14. The van der Waals surface area contributed by atoms with E-state index < -0.39 is 68.2 Å². The molecule has 5 rings (SSSR count). The van der Waals surface area contributed by atoms with Gasteiger partial charge in [-0.2, -0.15) is 26.3 Å². The van der Waals surface area contributed by atoms with E-state index in [9.17, 15) is 43.9 Å². The molecule has 0 aromatic heterocycles. The number of sulfonamides is 1. The predicted octanol–water partition coefficient (Wildman–Crippen LogP) is 8.28. The Hall–Kier alpha value is -3.07. The van der Waals surface area contributed by atoms with Crippen LogP contribution in [0.5, 0.6) is 0 Å². The molecule has 3 aromatic rings. The van der Waals surface area contributed by atoms with Gasteiger partial charge in [-0.1, -0.05) is 29.3 Å². The number of rotatable bonds is 8. The minimum absolute atomic E-state index is 0.0507. The van der Waals surface area contributed by atoms with Crippen LogP contribution in [0.15, 0.2) is 54.6 Å². The second-order valence-corrected chi connectivity index (χ2v) is 15.2. The van der Waals surface area contributed by atoms with Crippen LogP contribution in [0, 0.1) is 5.82 Å². The molecule has 2 heterocycles. The van der Waals surface area contributed by atoms with Crippen LogP contribution in [0.1, 0.15) is 64.2 Å². The Bertz CT molecular complexity index is 1820. The summed E-state index contributed by atoms with van der Waals surface area (Å²) in [4.78, 5) is 14.5. The summed E-state index contributed by atoms with van der Waals surface area (Å²) in [5.41, 5.74) is -3.28. The third-order valence-electron chi connectivity index (χ3n) is 9.39. The molecule has 0 bridgehead atoms. The predicted molar refractivity (Wildman–Crippen MR) is 173 cm³/mol. The van der Waals surface area contributed by atoms with Gasteiger partial charge in [0.1, 0.15) is 5.82 Å². The van der Waals surface area contributed by atoms with Crippen molar-refractivity contribution in [2.24, 2.45) is 0 Å². The minimum Gasteiger partial charge on any atom is -0.341 e. The largest absolute Gasteiger partial charge is 0.416 e. The Morgan fingerprint density at radius 2 is 1.57 bits per heavy atom. The maximum atomic E-state index is 14.6. The van der Waals surface area contributed by atoms with Crippen molar-refractivity contribution in [3.05, 3.63) is 98.3 Å². The molecule has 6 nitrogen and oxygen atoms in total. The highest BCUT2D eigenvalue weighted by Gasteiger charge is 2.53. The summed E-state index contributed by atoms with van der Waals surface area (Å²) < 4.78 is 124. The molecule has 2 aliphatic rings. The first-order chi connectivity index (χ1) is 22.7. The van der Waals surface area contributed by atoms with E-state index in [2.05, 4.69) is 5.32 Å². The summed E-state index contributed by atoms with van der Waals surface area (Å²) in [5.74, 6) is -2.22. The number of carbonyl (C=O) groups excluding carboxylic acids is 1. The summed E-state index contributed by atoms with van der Waals surface area (Å²) in [7, 11) is -2.62. The van der Waals surface area contributed by atoms with Crippen LogP contribution in [-0.4, -0.2) is 58.2 Å². The number of halogens is 9. The number of piperidine rings is 1. The lowest BCUT2D eigenvalue weighted by molar-refractivity contribution is -0.143. The molecule has 1 spiro atoms. The maximum Gasteiger partial charge on any atom is 0.416 e. The number of hydrogen-bond donors (Lipinski definition) is 1. The molecule has 1 fully saturated rings. The van der Waals surface area contributed by atoms with E-state index in [0.717, 1.165) is 11.2 Å². The molecule has 1 amide bonds. The van der Waals surface area contributed by atoms with Gasteiger partial charge in [0.05, 0.1) is 39.2 Å². The molecular weight excluding hydrogens is 722 g/mol. The maximum absolute atomic E-state index is 14.6. The number of likely N-dealkylation sites (N-methyl/N-ethyl adjacent to an activating group) is 1. The number of hydrogen-bond acceptors (Lipinski definition) is 4. The second-order valence-electron chi connectivity index (χ2n) is 12.6. The number of carbonyl (C=O) groups is 1. The van der Waals surface area contributed by atoms with E-state index >= 15 is 0 Å². The first-order valence-corrected chi connectivity index (χ1v) is 17.8. The fraction of sp³-hybridized carbons (Fsp3) is 0.424. The Morgan fingerprint density at radius 3 is 2.12 bits per heavy atom. The van der Waals surface area contributed by atoms with Gasteiger partial charge in [0.2, 0.25) is 10.0 Å². The molecule has 3 aromatic carbocycles. The average Bonchev–Trinajstić information content (AvgIpc) is 3.27. The smallest absolute Gasteiger partial charge is 0.341 e. The Kier molecular flexibility index (Phi) is 10.3. The van der Waals surface area contributed by atoms with Crippen LogP contribution < -0.4 is 9.62 Å². The third-order valence-corrected chi connectivity index (χ3v) is 11.3. The Balaban J connectivity index is 1.51. The van der Waals surface area contributed by atoms with E-state index in [0.29, 0.717) is 54.9 Å². The average molecular weight is 755 g/mol. The van der Waals surface area contributed by atoms with Crippen LogP contribution in [0.3, 0.4) is 0 Å². The monoisotopic (exact) mass is 753 g/mol. The highest BCUT2D eigenvalue weighted by Crippen LogP contribution is 2.53. The molecule has 2 aliphatic heterocycles. The number of anilines is 1. The van der Waals surface area contributed by atoms with Crippen LogP contribution in [-0.2, 0) is 27.8 Å². The van der Waals surface area contributed by atoms with Crippen molar-refractivity contribution in [2.45, 2.75) is 55.4 Å². The van der Waals surface area contributed by atoms with E-state index in [4.69, 9.17) is 23.2 Å². The first kappa shape index (κ1) is 37.2. The van der Waals surface area contributed by atoms with Crippen molar-refractivity contribution in [2.75, 3.05) is 37.2 Å².